The number of fused-ring (bicyclic) bond motifs is 5. The molecule has 0 saturated heterocycles. The van der Waals surface area contributed by atoms with E-state index in [0.29, 0.717) is 23.8 Å². The van der Waals surface area contributed by atoms with Crippen molar-refractivity contribution in [1.29, 1.82) is 0 Å². The van der Waals surface area contributed by atoms with E-state index in [0.717, 1.165) is 51.4 Å². The summed E-state index contributed by atoms with van der Waals surface area (Å²) in [5.74, 6) is 1.18. The van der Waals surface area contributed by atoms with E-state index in [9.17, 15) is 19.8 Å². The van der Waals surface area contributed by atoms with Gasteiger partial charge in [-0.15, -0.1) is 0 Å². The third-order valence-electron chi connectivity index (χ3n) is 11.2. The molecule has 6 heteroatoms. The largest absolute Gasteiger partial charge is 0.469 e. The number of rotatable bonds is 6. The second kappa shape index (κ2) is 9.81. The van der Waals surface area contributed by atoms with Gasteiger partial charge in [0.2, 0.25) is 0 Å². The van der Waals surface area contributed by atoms with Crippen molar-refractivity contribution in [3.8, 4) is 0 Å². The molecule has 4 aliphatic carbocycles. The SMILES string of the molecule is C=C(C)C(=O)O[C@@H]1CC[C@@]2(C)[C@@H](C1)C[C@@H](O)[C@@H]1[C@@H]2C[C@H](O)[C@]2(C)C([C@H](C)CCC(=O)OC)CC[C@@H]12. The summed E-state index contributed by atoms with van der Waals surface area (Å²) in [4.78, 5) is 23.8. The van der Waals surface area contributed by atoms with Gasteiger partial charge in [0.1, 0.15) is 6.10 Å². The fraction of sp³-hybridized carbons (Fsp3) is 0.862. The highest BCUT2D eigenvalue weighted by atomic mass is 16.5. The Balaban J connectivity index is 1.52. The zero-order chi connectivity index (χ0) is 25.7. The molecule has 4 aliphatic rings. The number of aliphatic hydroxyl groups excluding tert-OH is 2. The predicted octanol–water partition coefficient (Wildman–Crippen LogP) is 4.66. The van der Waals surface area contributed by atoms with Gasteiger partial charge in [0.05, 0.1) is 19.3 Å². The quantitative estimate of drug-likeness (QED) is 0.415. The van der Waals surface area contributed by atoms with Crippen molar-refractivity contribution < 1.29 is 29.3 Å². The van der Waals surface area contributed by atoms with Gasteiger partial charge in [-0.2, -0.15) is 0 Å². The lowest BCUT2D eigenvalue weighted by Crippen LogP contribution is -2.62. The van der Waals surface area contributed by atoms with Gasteiger partial charge in [-0.1, -0.05) is 27.4 Å². The summed E-state index contributed by atoms with van der Waals surface area (Å²) in [5.41, 5.74) is 0.218. The Bertz CT molecular complexity index is 839. The number of esters is 2. The van der Waals surface area contributed by atoms with E-state index < -0.39 is 12.2 Å². The van der Waals surface area contributed by atoms with Gasteiger partial charge in [-0.25, -0.2) is 4.79 Å². The Hall–Kier alpha value is -1.40. The van der Waals surface area contributed by atoms with E-state index >= 15 is 0 Å². The lowest BCUT2D eigenvalue weighted by Gasteiger charge is -2.63. The average Bonchev–Trinajstić information content (AvgIpc) is 3.17. The van der Waals surface area contributed by atoms with E-state index in [1.807, 2.05) is 0 Å². The first-order valence-electron chi connectivity index (χ1n) is 13.7. The zero-order valence-corrected chi connectivity index (χ0v) is 22.3. The van der Waals surface area contributed by atoms with Gasteiger partial charge in [0, 0.05) is 12.0 Å². The molecule has 2 N–H and O–H groups in total. The lowest BCUT2D eigenvalue weighted by molar-refractivity contribution is -0.209. The second-order valence-corrected chi connectivity index (χ2v) is 12.8. The van der Waals surface area contributed by atoms with Gasteiger partial charge in [0.15, 0.2) is 0 Å². The van der Waals surface area contributed by atoms with Crippen molar-refractivity contribution >= 4 is 11.9 Å². The summed E-state index contributed by atoms with van der Waals surface area (Å²) < 4.78 is 10.6. The van der Waals surface area contributed by atoms with Crippen molar-refractivity contribution in [1.82, 2.24) is 0 Å². The molecule has 0 amide bonds. The lowest BCUT2D eigenvalue weighted by atomic mass is 9.43. The standard InChI is InChI=1S/C29H46O6/c1-16(2)27(33)35-19-11-12-28(4)18(13-19)14-23(30)26-21-9-8-20(17(3)7-10-25(32)34-6)29(21,5)24(31)15-22(26)28/h17-24,26,30-31H,1,7-15H2,2-6H3/t17-,18+,19-,20?,21+,22+,23-,24+,26+,28+,29-/m1/s1. The summed E-state index contributed by atoms with van der Waals surface area (Å²) >= 11 is 0. The van der Waals surface area contributed by atoms with Crippen LogP contribution in [0.5, 0.6) is 0 Å². The fourth-order valence-electron chi connectivity index (χ4n) is 9.12. The van der Waals surface area contributed by atoms with Crippen LogP contribution in [0.3, 0.4) is 0 Å². The first kappa shape index (κ1) is 26.7. The Morgan fingerprint density at radius 2 is 1.80 bits per heavy atom. The van der Waals surface area contributed by atoms with Crippen LogP contribution >= 0.6 is 0 Å². The van der Waals surface area contributed by atoms with Gasteiger partial charge in [0.25, 0.3) is 0 Å². The van der Waals surface area contributed by atoms with Crippen LogP contribution in [0.25, 0.3) is 0 Å². The summed E-state index contributed by atoms with van der Waals surface area (Å²) in [7, 11) is 1.43. The molecule has 0 aromatic carbocycles. The third-order valence-corrected chi connectivity index (χ3v) is 11.2. The minimum absolute atomic E-state index is 0.0346. The first-order chi connectivity index (χ1) is 16.4. The number of ether oxygens (including phenoxy) is 2. The molecule has 0 aromatic heterocycles. The van der Waals surface area contributed by atoms with Crippen molar-refractivity contribution in [2.75, 3.05) is 7.11 Å². The second-order valence-electron chi connectivity index (χ2n) is 12.8. The molecule has 0 radical (unpaired) electrons. The Morgan fingerprint density at radius 3 is 2.46 bits per heavy atom. The number of carbonyl (C=O) groups is 2. The molecule has 0 aliphatic heterocycles. The van der Waals surface area contributed by atoms with Gasteiger partial charge in [-0.05, 0) is 105 Å². The predicted molar refractivity (Wildman–Crippen MR) is 133 cm³/mol. The third kappa shape index (κ3) is 4.47. The molecule has 0 bridgehead atoms. The summed E-state index contributed by atoms with van der Waals surface area (Å²) in [5, 5.41) is 23.2. The van der Waals surface area contributed by atoms with E-state index in [1.165, 1.54) is 7.11 Å². The monoisotopic (exact) mass is 490 g/mol. The van der Waals surface area contributed by atoms with Crippen LogP contribution in [0, 0.1) is 46.3 Å². The van der Waals surface area contributed by atoms with Crippen molar-refractivity contribution in [3.63, 3.8) is 0 Å². The summed E-state index contributed by atoms with van der Waals surface area (Å²) in [6, 6.07) is 0. The summed E-state index contributed by atoms with van der Waals surface area (Å²) in [6.07, 6.45) is 6.34. The van der Waals surface area contributed by atoms with Crippen LogP contribution in [0.2, 0.25) is 0 Å². The smallest absolute Gasteiger partial charge is 0.333 e. The fourth-order valence-corrected chi connectivity index (χ4v) is 9.12. The molecule has 0 spiro atoms. The number of hydrogen-bond acceptors (Lipinski definition) is 6. The molecule has 6 nitrogen and oxygen atoms in total. The van der Waals surface area contributed by atoms with E-state index in [4.69, 9.17) is 9.47 Å². The Morgan fingerprint density at radius 1 is 1.09 bits per heavy atom. The molecule has 0 aromatic rings. The maximum absolute atomic E-state index is 12.1. The van der Waals surface area contributed by atoms with Gasteiger partial charge < -0.3 is 19.7 Å². The maximum atomic E-state index is 12.1. The van der Waals surface area contributed by atoms with E-state index in [2.05, 4.69) is 27.4 Å². The normalized spacial score (nSPS) is 45.5. The molecule has 0 heterocycles. The Kier molecular flexibility index (Phi) is 7.47. The highest BCUT2D eigenvalue weighted by Gasteiger charge is 2.65. The highest BCUT2D eigenvalue weighted by Crippen LogP contribution is 2.68. The van der Waals surface area contributed by atoms with Crippen molar-refractivity contribution in [3.05, 3.63) is 12.2 Å². The van der Waals surface area contributed by atoms with Crippen LogP contribution in [0.15, 0.2) is 12.2 Å². The average molecular weight is 491 g/mol. The minimum Gasteiger partial charge on any atom is -0.469 e. The van der Waals surface area contributed by atoms with Gasteiger partial charge >= 0.3 is 11.9 Å². The number of methoxy groups -OCH3 is 1. The number of carbonyl (C=O) groups excluding carboxylic acids is 2. The topological polar surface area (TPSA) is 93.1 Å². The summed E-state index contributed by atoms with van der Waals surface area (Å²) in [6.45, 7) is 12.2. The maximum Gasteiger partial charge on any atom is 0.333 e. The highest BCUT2D eigenvalue weighted by molar-refractivity contribution is 5.87. The van der Waals surface area contributed by atoms with E-state index in [1.54, 1.807) is 6.92 Å². The molecule has 11 atom stereocenters. The number of aliphatic hydroxyl groups is 2. The van der Waals surface area contributed by atoms with Crippen LogP contribution < -0.4 is 0 Å². The van der Waals surface area contributed by atoms with Gasteiger partial charge in [-0.3, -0.25) is 4.79 Å². The molecule has 4 saturated carbocycles. The molecule has 198 valence electrons. The molecule has 4 rings (SSSR count). The van der Waals surface area contributed by atoms with Crippen LogP contribution in [-0.2, 0) is 19.1 Å². The van der Waals surface area contributed by atoms with Crippen LogP contribution in [-0.4, -0.2) is 47.6 Å². The van der Waals surface area contributed by atoms with Crippen molar-refractivity contribution in [2.24, 2.45) is 46.3 Å². The minimum atomic E-state index is -0.413. The molecular weight excluding hydrogens is 444 g/mol. The van der Waals surface area contributed by atoms with Crippen LogP contribution in [0.1, 0.15) is 85.5 Å². The molecular formula is C29H46O6. The molecule has 1 unspecified atom stereocenters. The molecule has 35 heavy (non-hydrogen) atoms. The Labute approximate surface area is 210 Å². The zero-order valence-electron chi connectivity index (χ0n) is 22.3. The molecule has 4 fully saturated rings. The first-order valence-corrected chi connectivity index (χ1v) is 13.7. The van der Waals surface area contributed by atoms with Crippen molar-refractivity contribution in [2.45, 2.75) is 104 Å². The van der Waals surface area contributed by atoms with Crippen LogP contribution in [0.4, 0.5) is 0 Å². The van der Waals surface area contributed by atoms with E-state index in [-0.39, 0.29) is 52.5 Å². The number of hydrogen-bond donors (Lipinski definition) is 2.